The van der Waals surface area contributed by atoms with Crippen LogP contribution in [0.1, 0.15) is 213 Å². The molecule has 0 spiro atoms. The third-order valence-corrected chi connectivity index (χ3v) is 8.00. The van der Waals surface area contributed by atoms with Gasteiger partial charge in [0.05, 0.1) is 6.26 Å². The summed E-state index contributed by atoms with van der Waals surface area (Å²) < 4.78 is 5.25. The molecule has 0 rings (SSSR count). The summed E-state index contributed by atoms with van der Waals surface area (Å²) in [6, 6.07) is 0. The van der Waals surface area contributed by atoms with Gasteiger partial charge in [0.15, 0.2) is 0 Å². The van der Waals surface area contributed by atoms with Crippen LogP contribution in [0, 0.1) is 0 Å². The van der Waals surface area contributed by atoms with Crippen LogP contribution in [-0.2, 0) is 9.53 Å². The molecule has 0 unspecified atom stereocenters. The average Bonchev–Trinajstić information content (AvgIpc) is 2.92. The smallest absolute Gasteiger partial charge is 0.310 e. The van der Waals surface area contributed by atoms with Gasteiger partial charge in [-0.05, 0) is 25.3 Å². The van der Waals surface area contributed by atoms with Crippen molar-refractivity contribution in [3.63, 3.8) is 0 Å². The van der Waals surface area contributed by atoms with Crippen LogP contribution in [0.4, 0.5) is 0 Å². The van der Waals surface area contributed by atoms with Crippen molar-refractivity contribution in [2.45, 2.75) is 213 Å². The fraction of sp³-hybridized carbons (Fsp3) is 0.917. The van der Waals surface area contributed by atoms with Crippen LogP contribution in [0.3, 0.4) is 0 Å². The van der Waals surface area contributed by atoms with E-state index in [1.165, 1.54) is 173 Å². The molecule has 0 saturated heterocycles. The van der Waals surface area contributed by atoms with Crippen molar-refractivity contribution >= 4 is 5.97 Å². The summed E-state index contributed by atoms with van der Waals surface area (Å²) in [5.41, 5.74) is 0. The van der Waals surface area contributed by atoms with Crippen LogP contribution >= 0.6 is 0 Å². The van der Waals surface area contributed by atoms with Gasteiger partial charge in [-0.15, -0.1) is 0 Å². The molecule has 2 heteroatoms. The van der Waals surface area contributed by atoms with Gasteiger partial charge >= 0.3 is 5.97 Å². The Balaban J connectivity index is 3.19. The lowest BCUT2D eigenvalue weighted by Crippen LogP contribution is -1.98. The summed E-state index contributed by atoms with van der Waals surface area (Å²) >= 11 is 0. The Morgan fingerprint density at radius 1 is 0.421 bits per heavy atom. The Morgan fingerprint density at radius 3 is 1.05 bits per heavy atom. The number of allylic oxidation sites excluding steroid dienone is 1. The van der Waals surface area contributed by atoms with Gasteiger partial charge in [0.2, 0.25) is 0 Å². The Morgan fingerprint density at radius 2 is 0.711 bits per heavy atom. The quantitative estimate of drug-likeness (QED) is 0.0487. The van der Waals surface area contributed by atoms with E-state index in [0.29, 0.717) is 6.42 Å². The van der Waals surface area contributed by atoms with E-state index < -0.39 is 0 Å². The van der Waals surface area contributed by atoms with Gasteiger partial charge in [-0.3, -0.25) is 4.79 Å². The highest BCUT2D eigenvalue weighted by atomic mass is 16.5. The number of unbranched alkanes of at least 4 members (excludes halogenated alkanes) is 28. The number of esters is 1. The maximum absolute atomic E-state index is 11.8. The van der Waals surface area contributed by atoms with Gasteiger partial charge in [0.1, 0.15) is 0 Å². The summed E-state index contributed by atoms with van der Waals surface area (Å²) in [5, 5.41) is 0. The molecule has 38 heavy (non-hydrogen) atoms. The van der Waals surface area contributed by atoms with E-state index in [1.54, 1.807) is 6.26 Å². The Kier molecular flexibility index (Phi) is 33.5. The molecule has 0 aromatic rings. The van der Waals surface area contributed by atoms with Crippen molar-refractivity contribution in [2.75, 3.05) is 0 Å². The minimum Gasteiger partial charge on any atom is -0.435 e. The summed E-state index contributed by atoms with van der Waals surface area (Å²) in [5.74, 6) is -0.0602. The molecule has 226 valence electrons. The predicted molar refractivity (Wildman–Crippen MR) is 170 cm³/mol. The second-order valence-corrected chi connectivity index (χ2v) is 11.9. The summed E-state index contributed by atoms with van der Waals surface area (Å²) in [6.07, 6.45) is 45.1. The molecule has 0 aromatic carbocycles. The number of rotatable bonds is 32. The van der Waals surface area contributed by atoms with E-state index >= 15 is 0 Å². The molecule has 0 fully saturated rings. The zero-order valence-electron chi connectivity index (χ0n) is 26.4. The first-order valence-corrected chi connectivity index (χ1v) is 17.7. The van der Waals surface area contributed by atoms with Gasteiger partial charge in [-0.1, -0.05) is 187 Å². The van der Waals surface area contributed by atoms with Gasteiger partial charge in [0, 0.05) is 6.42 Å². The van der Waals surface area contributed by atoms with Crippen molar-refractivity contribution < 1.29 is 9.53 Å². The van der Waals surface area contributed by atoms with Crippen molar-refractivity contribution in [2.24, 2.45) is 0 Å². The second-order valence-electron chi connectivity index (χ2n) is 11.9. The highest BCUT2D eigenvalue weighted by molar-refractivity contribution is 5.69. The molecule has 0 aromatic heterocycles. The van der Waals surface area contributed by atoms with Crippen molar-refractivity contribution in [1.29, 1.82) is 0 Å². The third-order valence-electron chi connectivity index (χ3n) is 8.00. The minimum atomic E-state index is -0.0602. The molecule has 0 amide bonds. The van der Waals surface area contributed by atoms with E-state index in [0.717, 1.165) is 19.3 Å². The highest BCUT2D eigenvalue weighted by Crippen LogP contribution is 2.15. The zero-order valence-corrected chi connectivity index (χ0v) is 26.4. The van der Waals surface area contributed by atoms with Crippen LogP contribution in [0.2, 0.25) is 0 Å². The van der Waals surface area contributed by atoms with Crippen LogP contribution in [0.5, 0.6) is 0 Å². The maximum atomic E-state index is 11.8. The van der Waals surface area contributed by atoms with E-state index in [-0.39, 0.29) is 5.97 Å². The molecule has 0 N–H and O–H groups in total. The average molecular weight is 535 g/mol. The van der Waals surface area contributed by atoms with Crippen LogP contribution in [-0.4, -0.2) is 5.97 Å². The minimum absolute atomic E-state index is 0.0602. The van der Waals surface area contributed by atoms with Crippen molar-refractivity contribution in [1.82, 2.24) is 0 Å². The predicted octanol–water partition coefficient (Wildman–Crippen LogP) is 13.2. The number of hydrogen-bond donors (Lipinski definition) is 0. The van der Waals surface area contributed by atoms with E-state index in [4.69, 9.17) is 4.74 Å². The summed E-state index contributed by atoms with van der Waals surface area (Å²) in [7, 11) is 0. The Hall–Kier alpha value is -0.790. The van der Waals surface area contributed by atoms with Gasteiger partial charge in [-0.2, -0.15) is 0 Å². The highest BCUT2D eigenvalue weighted by Gasteiger charge is 2.01. The van der Waals surface area contributed by atoms with Crippen molar-refractivity contribution in [3.05, 3.63) is 12.3 Å². The fourth-order valence-electron chi connectivity index (χ4n) is 5.35. The SMILES string of the molecule is CCCCCCCCCCCCCCCCCCCCC=COC(=O)CCCCCCCCCCCCC. The van der Waals surface area contributed by atoms with Gasteiger partial charge in [0.25, 0.3) is 0 Å². The standard InChI is InChI=1S/C36H70O2/c1-3-5-7-9-11-13-15-16-17-18-19-20-21-22-23-25-27-29-31-33-35-38-36(37)34-32-30-28-26-24-14-12-10-8-6-4-2/h33,35H,3-32,34H2,1-2H3. The molecule has 2 nitrogen and oxygen atoms in total. The lowest BCUT2D eigenvalue weighted by molar-refractivity contribution is -0.138. The molecule has 0 bridgehead atoms. The monoisotopic (exact) mass is 535 g/mol. The molecule has 0 saturated carbocycles. The summed E-state index contributed by atoms with van der Waals surface area (Å²) in [4.78, 5) is 11.8. The molecule has 0 radical (unpaired) electrons. The molecule has 0 aliphatic carbocycles. The first-order chi connectivity index (χ1) is 18.8. The van der Waals surface area contributed by atoms with Crippen LogP contribution in [0.25, 0.3) is 0 Å². The largest absolute Gasteiger partial charge is 0.435 e. The van der Waals surface area contributed by atoms with Gasteiger partial charge in [-0.25, -0.2) is 0 Å². The Bertz CT molecular complexity index is 470. The van der Waals surface area contributed by atoms with E-state index in [1.807, 2.05) is 6.08 Å². The molecule has 0 heterocycles. The third kappa shape index (κ3) is 33.2. The first-order valence-electron chi connectivity index (χ1n) is 17.7. The normalized spacial score (nSPS) is 11.5. The molecular formula is C36H70O2. The topological polar surface area (TPSA) is 26.3 Å². The van der Waals surface area contributed by atoms with Crippen LogP contribution < -0.4 is 0 Å². The first kappa shape index (κ1) is 37.2. The second kappa shape index (κ2) is 34.2. The molecule has 0 aliphatic heterocycles. The number of carbonyl (C=O) groups excluding carboxylic acids is 1. The number of carbonyl (C=O) groups is 1. The number of hydrogen-bond acceptors (Lipinski definition) is 2. The molecule has 0 atom stereocenters. The van der Waals surface area contributed by atoms with Crippen LogP contribution in [0.15, 0.2) is 12.3 Å². The lowest BCUT2D eigenvalue weighted by Gasteiger charge is -2.03. The summed E-state index contributed by atoms with van der Waals surface area (Å²) in [6.45, 7) is 4.57. The molecular weight excluding hydrogens is 464 g/mol. The maximum Gasteiger partial charge on any atom is 0.310 e. The molecule has 0 aliphatic rings. The Labute approximate surface area is 240 Å². The number of ether oxygens (including phenoxy) is 1. The zero-order chi connectivity index (χ0) is 27.6. The van der Waals surface area contributed by atoms with E-state index in [9.17, 15) is 4.79 Å². The van der Waals surface area contributed by atoms with Crippen molar-refractivity contribution in [3.8, 4) is 0 Å². The fourth-order valence-corrected chi connectivity index (χ4v) is 5.35. The van der Waals surface area contributed by atoms with Gasteiger partial charge < -0.3 is 4.74 Å². The van der Waals surface area contributed by atoms with E-state index in [2.05, 4.69) is 13.8 Å². The lowest BCUT2D eigenvalue weighted by atomic mass is 10.0.